The van der Waals surface area contributed by atoms with Crippen LogP contribution in [0.25, 0.3) is 0 Å². The Morgan fingerprint density at radius 1 is 1.26 bits per heavy atom. The van der Waals surface area contributed by atoms with E-state index in [0.29, 0.717) is 18.4 Å². The second kappa shape index (κ2) is 5.33. The zero-order chi connectivity index (χ0) is 13.2. The summed E-state index contributed by atoms with van der Waals surface area (Å²) >= 11 is 0. The summed E-state index contributed by atoms with van der Waals surface area (Å²) in [7, 11) is 0. The fourth-order valence-corrected chi connectivity index (χ4v) is 3.77. The second-order valence-corrected chi connectivity index (χ2v) is 6.03. The van der Waals surface area contributed by atoms with Crippen LogP contribution in [0.2, 0.25) is 0 Å². The number of rotatable bonds is 5. The van der Waals surface area contributed by atoms with Crippen LogP contribution < -0.4 is 5.32 Å². The molecule has 3 unspecified atom stereocenters. The Bertz CT molecular complexity index is 445. The molecule has 2 bridgehead atoms. The van der Waals surface area contributed by atoms with Crippen molar-refractivity contribution in [3.63, 3.8) is 0 Å². The van der Waals surface area contributed by atoms with E-state index in [-0.39, 0.29) is 0 Å². The summed E-state index contributed by atoms with van der Waals surface area (Å²) in [6, 6.07) is 9.85. The van der Waals surface area contributed by atoms with Gasteiger partial charge in [-0.25, -0.2) is 0 Å². The van der Waals surface area contributed by atoms with Gasteiger partial charge in [0.05, 0.1) is 0 Å². The molecule has 1 aromatic carbocycles. The second-order valence-electron chi connectivity index (χ2n) is 6.03. The summed E-state index contributed by atoms with van der Waals surface area (Å²) in [6.45, 7) is 0. The van der Waals surface area contributed by atoms with Gasteiger partial charge in [0.25, 0.3) is 0 Å². The highest BCUT2D eigenvalue weighted by Crippen LogP contribution is 2.44. The van der Waals surface area contributed by atoms with Gasteiger partial charge in [-0.1, -0.05) is 36.8 Å². The van der Waals surface area contributed by atoms with Crippen molar-refractivity contribution in [2.75, 3.05) is 0 Å². The monoisotopic (exact) mass is 259 g/mol. The third-order valence-corrected chi connectivity index (χ3v) is 4.73. The summed E-state index contributed by atoms with van der Waals surface area (Å²) in [5.74, 6) is 0.822. The van der Waals surface area contributed by atoms with Crippen LogP contribution in [-0.2, 0) is 11.2 Å². The van der Waals surface area contributed by atoms with E-state index in [2.05, 4.69) is 5.32 Å². The quantitative estimate of drug-likeness (QED) is 0.854. The van der Waals surface area contributed by atoms with Crippen molar-refractivity contribution >= 4 is 5.97 Å². The first kappa shape index (κ1) is 12.7. The van der Waals surface area contributed by atoms with Gasteiger partial charge in [0, 0.05) is 6.04 Å². The number of aliphatic carboxylic acids is 1. The fourth-order valence-electron chi connectivity index (χ4n) is 3.77. The van der Waals surface area contributed by atoms with Gasteiger partial charge < -0.3 is 10.4 Å². The Morgan fingerprint density at radius 2 is 2.05 bits per heavy atom. The van der Waals surface area contributed by atoms with E-state index in [1.54, 1.807) is 0 Å². The fraction of sp³-hybridized carbons (Fsp3) is 0.562. The third kappa shape index (κ3) is 2.81. The molecular weight excluding hydrogens is 238 g/mol. The summed E-state index contributed by atoms with van der Waals surface area (Å²) in [5, 5.41) is 12.8. The first-order chi connectivity index (χ1) is 9.22. The summed E-state index contributed by atoms with van der Waals surface area (Å²) in [4.78, 5) is 11.4. The van der Waals surface area contributed by atoms with Gasteiger partial charge in [0.1, 0.15) is 6.04 Å². The Balaban J connectivity index is 1.63. The van der Waals surface area contributed by atoms with Crippen molar-refractivity contribution in [3.8, 4) is 0 Å². The van der Waals surface area contributed by atoms with Crippen LogP contribution in [-0.4, -0.2) is 23.2 Å². The Labute approximate surface area is 114 Å². The number of fused-ring (bicyclic) bond motifs is 2. The molecule has 2 fully saturated rings. The Kier molecular flexibility index (Phi) is 3.56. The molecule has 0 aromatic heterocycles. The number of carbonyl (C=O) groups is 1. The average Bonchev–Trinajstić information content (AvgIpc) is 3.01. The number of nitrogens with one attached hydrogen (secondary N) is 1. The Hall–Kier alpha value is -1.35. The van der Waals surface area contributed by atoms with Gasteiger partial charge >= 0.3 is 5.97 Å². The number of carboxylic acids is 1. The molecule has 19 heavy (non-hydrogen) atoms. The van der Waals surface area contributed by atoms with Crippen molar-refractivity contribution in [2.24, 2.45) is 11.8 Å². The highest BCUT2D eigenvalue weighted by atomic mass is 16.4. The van der Waals surface area contributed by atoms with Crippen LogP contribution in [0.5, 0.6) is 0 Å². The first-order valence-corrected chi connectivity index (χ1v) is 7.25. The third-order valence-electron chi connectivity index (χ3n) is 4.73. The zero-order valence-corrected chi connectivity index (χ0v) is 11.1. The standard InChI is InChI=1S/C16H21NO2/c18-16(19)15(9-11-4-2-1-3-5-11)17-14-10-12-6-7-13(14)8-12/h1-5,12-15,17H,6-10H2,(H,18,19)/t12?,13?,14?,15-/m1/s1. The average molecular weight is 259 g/mol. The molecule has 3 nitrogen and oxygen atoms in total. The van der Waals surface area contributed by atoms with Gasteiger partial charge in [-0.3, -0.25) is 4.79 Å². The normalized spacial score (nSPS) is 30.4. The van der Waals surface area contributed by atoms with E-state index in [4.69, 9.17) is 0 Å². The molecule has 2 aliphatic carbocycles. The maximum atomic E-state index is 11.4. The SMILES string of the molecule is O=C(O)[C@@H](Cc1ccccc1)NC1CC2CCC1C2. The Morgan fingerprint density at radius 3 is 2.63 bits per heavy atom. The van der Waals surface area contributed by atoms with E-state index >= 15 is 0 Å². The van der Waals surface area contributed by atoms with Crippen LogP contribution in [0.15, 0.2) is 30.3 Å². The van der Waals surface area contributed by atoms with Crippen LogP contribution in [0, 0.1) is 11.8 Å². The molecule has 1 aromatic rings. The van der Waals surface area contributed by atoms with Crippen molar-refractivity contribution in [3.05, 3.63) is 35.9 Å². The number of hydrogen-bond acceptors (Lipinski definition) is 2. The van der Waals surface area contributed by atoms with Crippen molar-refractivity contribution in [1.29, 1.82) is 0 Å². The lowest BCUT2D eigenvalue weighted by Gasteiger charge is -2.26. The van der Waals surface area contributed by atoms with Gasteiger partial charge in [-0.2, -0.15) is 0 Å². The molecule has 2 saturated carbocycles. The van der Waals surface area contributed by atoms with Crippen LogP contribution in [0.4, 0.5) is 0 Å². The van der Waals surface area contributed by atoms with E-state index < -0.39 is 12.0 Å². The van der Waals surface area contributed by atoms with Crippen LogP contribution >= 0.6 is 0 Å². The molecule has 0 spiro atoms. The van der Waals surface area contributed by atoms with Crippen molar-refractivity contribution < 1.29 is 9.90 Å². The number of benzene rings is 1. The lowest BCUT2D eigenvalue weighted by atomic mass is 9.94. The molecule has 0 aliphatic heterocycles. The predicted octanol–water partition coefficient (Wildman–Crippen LogP) is 2.46. The van der Waals surface area contributed by atoms with E-state index in [1.807, 2.05) is 30.3 Å². The van der Waals surface area contributed by atoms with Gasteiger partial charge in [0.15, 0.2) is 0 Å². The first-order valence-electron chi connectivity index (χ1n) is 7.25. The van der Waals surface area contributed by atoms with E-state index in [0.717, 1.165) is 11.5 Å². The van der Waals surface area contributed by atoms with E-state index in [9.17, 15) is 9.90 Å². The smallest absolute Gasteiger partial charge is 0.321 e. The molecule has 0 saturated heterocycles. The molecule has 3 rings (SSSR count). The molecule has 0 heterocycles. The lowest BCUT2D eigenvalue weighted by Crippen LogP contribution is -2.46. The summed E-state index contributed by atoms with van der Waals surface area (Å²) < 4.78 is 0. The summed E-state index contributed by atoms with van der Waals surface area (Å²) in [5.41, 5.74) is 1.09. The highest BCUT2D eigenvalue weighted by molar-refractivity contribution is 5.74. The molecule has 3 heteroatoms. The number of hydrogen-bond donors (Lipinski definition) is 2. The molecule has 102 valence electrons. The minimum absolute atomic E-state index is 0.420. The minimum Gasteiger partial charge on any atom is -0.480 e. The van der Waals surface area contributed by atoms with E-state index in [1.165, 1.54) is 25.7 Å². The van der Waals surface area contributed by atoms with Gasteiger partial charge in [0.2, 0.25) is 0 Å². The molecule has 0 radical (unpaired) electrons. The number of carboxylic acid groups (broad SMARTS) is 1. The van der Waals surface area contributed by atoms with Crippen LogP contribution in [0.1, 0.15) is 31.2 Å². The lowest BCUT2D eigenvalue weighted by molar-refractivity contribution is -0.139. The molecule has 2 aliphatic rings. The largest absolute Gasteiger partial charge is 0.480 e. The van der Waals surface area contributed by atoms with Crippen LogP contribution in [0.3, 0.4) is 0 Å². The van der Waals surface area contributed by atoms with Gasteiger partial charge in [-0.05, 0) is 43.1 Å². The molecule has 4 atom stereocenters. The maximum absolute atomic E-state index is 11.4. The molecule has 0 amide bonds. The zero-order valence-electron chi connectivity index (χ0n) is 11.1. The molecular formula is C16H21NO2. The van der Waals surface area contributed by atoms with Crippen molar-refractivity contribution in [1.82, 2.24) is 5.32 Å². The van der Waals surface area contributed by atoms with Crippen molar-refractivity contribution in [2.45, 2.75) is 44.2 Å². The maximum Gasteiger partial charge on any atom is 0.321 e. The highest BCUT2D eigenvalue weighted by Gasteiger charge is 2.40. The molecule has 2 N–H and O–H groups in total. The minimum atomic E-state index is -0.730. The topological polar surface area (TPSA) is 49.3 Å². The predicted molar refractivity (Wildman–Crippen MR) is 73.9 cm³/mol. The van der Waals surface area contributed by atoms with Gasteiger partial charge in [-0.15, -0.1) is 0 Å². The summed E-state index contributed by atoms with van der Waals surface area (Å²) in [6.07, 6.45) is 5.67.